The molecule has 1 saturated heterocycles. The molecule has 0 unspecified atom stereocenters. The van der Waals surface area contributed by atoms with E-state index < -0.39 is 0 Å². The van der Waals surface area contributed by atoms with Crippen molar-refractivity contribution in [3.8, 4) is 5.75 Å². The van der Waals surface area contributed by atoms with Crippen molar-refractivity contribution in [2.24, 2.45) is 5.73 Å². The zero-order valence-electron chi connectivity index (χ0n) is 11.5. The normalized spacial score (nSPS) is 20.3. The van der Waals surface area contributed by atoms with Gasteiger partial charge in [-0.15, -0.1) is 0 Å². The van der Waals surface area contributed by atoms with Gasteiger partial charge >= 0.3 is 0 Å². The summed E-state index contributed by atoms with van der Waals surface area (Å²) in [5.74, 6) is 0.983. The summed E-state index contributed by atoms with van der Waals surface area (Å²) < 4.78 is 5.77. The van der Waals surface area contributed by atoms with Crippen LogP contribution in [0.5, 0.6) is 5.75 Å². The van der Waals surface area contributed by atoms with Crippen molar-refractivity contribution in [3.63, 3.8) is 0 Å². The van der Waals surface area contributed by atoms with Crippen molar-refractivity contribution in [1.29, 1.82) is 0 Å². The van der Waals surface area contributed by atoms with Gasteiger partial charge in [0.05, 0.1) is 6.61 Å². The van der Waals surface area contributed by atoms with Gasteiger partial charge in [0, 0.05) is 19.1 Å². The first kappa shape index (κ1) is 13.4. The second-order valence-electron chi connectivity index (χ2n) is 5.30. The Kier molecular flexibility index (Phi) is 4.61. The molecule has 2 rings (SSSR count). The monoisotopic (exact) mass is 248 g/mol. The maximum absolute atomic E-state index is 5.88. The number of benzene rings is 1. The van der Waals surface area contributed by atoms with Gasteiger partial charge in [-0.1, -0.05) is 6.07 Å². The van der Waals surface area contributed by atoms with Crippen LogP contribution in [0.2, 0.25) is 0 Å². The Bertz CT molecular complexity index is 392. The Morgan fingerprint density at radius 2 is 2.17 bits per heavy atom. The van der Waals surface area contributed by atoms with Crippen LogP contribution in [0.25, 0.3) is 0 Å². The van der Waals surface area contributed by atoms with E-state index in [9.17, 15) is 0 Å². The molecule has 18 heavy (non-hydrogen) atoms. The number of nitrogens with zero attached hydrogens (tertiary/aromatic N) is 1. The predicted octanol–water partition coefficient (Wildman–Crippen LogP) is 2.11. The molecule has 3 heteroatoms. The quantitative estimate of drug-likeness (QED) is 0.811. The molecule has 0 aromatic heterocycles. The van der Waals surface area contributed by atoms with E-state index >= 15 is 0 Å². The minimum Gasteiger partial charge on any atom is -0.494 e. The summed E-state index contributed by atoms with van der Waals surface area (Å²) in [6, 6.07) is 6.66. The van der Waals surface area contributed by atoms with Crippen LogP contribution in [-0.4, -0.2) is 37.2 Å². The zero-order chi connectivity index (χ0) is 13.0. The number of ether oxygens (including phenoxy) is 1. The van der Waals surface area contributed by atoms with Gasteiger partial charge in [0.25, 0.3) is 0 Å². The van der Waals surface area contributed by atoms with Crippen LogP contribution in [0.4, 0.5) is 0 Å². The van der Waals surface area contributed by atoms with Crippen LogP contribution in [0, 0.1) is 13.8 Å². The molecule has 0 amide bonds. The standard InChI is InChI=1S/C15H24N2O/c1-12-4-5-15(10-13(12)2)18-9-3-7-17-8-6-14(16)11-17/h4-5,10,14H,3,6-9,11,16H2,1-2H3/t14-/m1/s1. The predicted molar refractivity (Wildman–Crippen MR) is 75.1 cm³/mol. The Balaban J connectivity index is 1.67. The van der Waals surface area contributed by atoms with Crippen LogP contribution in [-0.2, 0) is 0 Å². The van der Waals surface area contributed by atoms with E-state index in [0.717, 1.165) is 44.8 Å². The maximum atomic E-state index is 5.88. The highest BCUT2D eigenvalue weighted by Gasteiger charge is 2.17. The minimum absolute atomic E-state index is 0.380. The first-order valence-corrected chi connectivity index (χ1v) is 6.83. The minimum atomic E-state index is 0.380. The van der Waals surface area contributed by atoms with Crippen molar-refractivity contribution in [2.75, 3.05) is 26.2 Å². The van der Waals surface area contributed by atoms with Gasteiger partial charge in [-0.3, -0.25) is 0 Å². The molecule has 2 N–H and O–H groups in total. The lowest BCUT2D eigenvalue weighted by molar-refractivity contribution is 0.262. The third kappa shape index (κ3) is 3.72. The number of likely N-dealkylation sites (tertiary alicyclic amines) is 1. The summed E-state index contributed by atoms with van der Waals surface area (Å²) >= 11 is 0. The van der Waals surface area contributed by atoms with E-state index in [-0.39, 0.29) is 0 Å². The van der Waals surface area contributed by atoms with Crippen molar-refractivity contribution in [3.05, 3.63) is 29.3 Å². The average molecular weight is 248 g/mol. The molecule has 1 heterocycles. The van der Waals surface area contributed by atoms with Gasteiger partial charge < -0.3 is 15.4 Å². The third-order valence-corrected chi connectivity index (χ3v) is 3.67. The van der Waals surface area contributed by atoms with Gasteiger partial charge in [0.2, 0.25) is 0 Å². The molecular formula is C15H24N2O. The number of hydrogen-bond acceptors (Lipinski definition) is 3. The molecule has 0 aliphatic carbocycles. The molecular weight excluding hydrogens is 224 g/mol. The Morgan fingerprint density at radius 1 is 1.33 bits per heavy atom. The third-order valence-electron chi connectivity index (χ3n) is 3.67. The summed E-state index contributed by atoms with van der Waals surface area (Å²) in [5.41, 5.74) is 8.48. The van der Waals surface area contributed by atoms with Gasteiger partial charge in [0.1, 0.15) is 5.75 Å². The molecule has 1 fully saturated rings. The fourth-order valence-electron chi connectivity index (χ4n) is 2.35. The Morgan fingerprint density at radius 3 is 2.83 bits per heavy atom. The first-order valence-electron chi connectivity index (χ1n) is 6.83. The van der Waals surface area contributed by atoms with Crippen molar-refractivity contribution >= 4 is 0 Å². The van der Waals surface area contributed by atoms with Crippen LogP contribution < -0.4 is 10.5 Å². The molecule has 1 aliphatic heterocycles. The zero-order valence-corrected chi connectivity index (χ0v) is 11.5. The second-order valence-corrected chi connectivity index (χ2v) is 5.30. The molecule has 0 bridgehead atoms. The van der Waals surface area contributed by atoms with Gasteiger partial charge in [-0.25, -0.2) is 0 Å². The average Bonchev–Trinajstić information content (AvgIpc) is 2.75. The van der Waals surface area contributed by atoms with E-state index in [1.807, 2.05) is 6.07 Å². The van der Waals surface area contributed by atoms with Crippen LogP contribution in [0.1, 0.15) is 24.0 Å². The summed E-state index contributed by atoms with van der Waals surface area (Å²) in [5, 5.41) is 0. The first-order chi connectivity index (χ1) is 8.65. The topological polar surface area (TPSA) is 38.5 Å². The fraction of sp³-hybridized carbons (Fsp3) is 0.600. The van der Waals surface area contributed by atoms with E-state index in [4.69, 9.17) is 10.5 Å². The highest BCUT2D eigenvalue weighted by molar-refractivity contribution is 5.33. The SMILES string of the molecule is Cc1ccc(OCCCN2CC[C@@H](N)C2)cc1C. The van der Waals surface area contributed by atoms with E-state index in [1.54, 1.807) is 0 Å². The van der Waals surface area contributed by atoms with E-state index in [0.29, 0.717) is 6.04 Å². The number of aryl methyl sites for hydroxylation is 2. The smallest absolute Gasteiger partial charge is 0.119 e. The lowest BCUT2D eigenvalue weighted by Gasteiger charge is -2.15. The molecule has 100 valence electrons. The van der Waals surface area contributed by atoms with Crippen LogP contribution in [0.15, 0.2) is 18.2 Å². The number of nitrogens with two attached hydrogens (primary N) is 1. The lowest BCUT2D eigenvalue weighted by Crippen LogP contribution is -2.28. The number of hydrogen-bond donors (Lipinski definition) is 1. The Hall–Kier alpha value is -1.06. The summed E-state index contributed by atoms with van der Waals surface area (Å²) in [6.07, 6.45) is 2.21. The molecule has 0 radical (unpaired) electrons. The lowest BCUT2D eigenvalue weighted by atomic mass is 10.1. The largest absolute Gasteiger partial charge is 0.494 e. The summed E-state index contributed by atoms with van der Waals surface area (Å²) in [6.45, 7) is 8.31. The van der Waals surface area contributed by atoms with Crippen LogP contribution >= 0.6 is 0 Å². The summed E-state index contributed by atoms with van der Waals surface area (Å²) in [4.78, 5) is 2.43. The van der Waals surface area contributed by atoms with Crippen molar-refractivity contribution < 1.29 is 4.74 Å². The molecule has 0 saturated carbocycles. The van der Waals surface area contributed by atoms with Gasteiger partial charge in [-0.05, 0) is 56.5 Å². The highest BCUT2D eigenvalue weighted by Crippen LogP contribution is 2.16. The molecule has 1 aliphatic rings. The fourth-order valence-corrected chi connectivity index (χ4v) is 2.35. The van der Waals surface area contributed by atoms with Crippen LogP contribution in [0.3, 0.4) is 0 Å². The Labute approximate surface area is 110 Å². The molecule has 1 aromatic rings. The number of rotatable bonds is 5. The van der Waals surface area contributed by atoms with Gasteiger partial charge in [-0.2, -0.15) is 0 Å². The highest BCUT2D eigenvalue weighted by atomic mass is 16.5. The summed E-state index contributed by atoms with van der Waals surface area (Å²) in [7, 11) is 0. The molecule has 3 nitrogen and oxygen atoms in total. The molecule has 0 spiro atoms. The molecule has 1 atom stereocenters. The maximum Gasteiger partial charge on any atom is 0.119 e. The van der Waals surface area contributed by atoms with Crippen molar-refractivity contribution in [2.45, 2.75) is 32.7 Å². The van der Waals surface area contributed by atoms with Crippen molar-refractivity contribution in [1.82, 2.24) is 4.90 Å². The molecule has 1 aromatic carbocycles. The van der Waals surface area contributed by atoms with E-state index in [2.05, 4.69) is 30.9 Å². The van der Waals surface area contributed by atoms with Gasteiger partial charge in [0.15, 0.2) is 0 Å². The van der Waals surface area contributed by atoms with E-state index in [1.165, 1.54) is 11.1 Å². The second kappa shape index (κ2) is 6.21.